The summed E-state index contributed by atoms with van der Waals surface area (Å²) in [4.78, 5) is 17.0. The van der Waals surface area contributed by atoms with Gasteiger partial charge in [0.25, 0.3) is 5.91 Å². The Morgan fingerprint density at radius 3 is 2.48 bits per heavy atom. The van der Waals surface area contributed by atoms with E-state index >= 15 is 0 Å². The summed E-state index contributed by atoms with van der Waals surface area (Å²) >= 11 is 5.87. The van der Waals surface area contributed by atoms with Crippen LogP contribution in [-0.2, 0) is 0 Å². The van der Waals surface area contributed by atoms with Gasteiger partial charge in [0.15, 0.2) is 5.58 Å². The van der Waals surface area contributed by atoms with Crippen LogP contribution in [0.4, 0.5) is 5.69 Å². The van der Waals surface area contributed by atoms with E-state index in [-0.39, 0.29) is 5.91 Å². The molecule has 1 heterocycles. The van der Waals surface area contributed by atoms with Crippen LogP contribution in [0.2, 0.25) is 5.02 Å². The molecule has 0 unspecified atom stereocenters. The van der Waals surface area contributed by atoms with Crippen LogP contribution in [0.5, 0.6) is 0 Å². The minimum absolute atomic E-state index is 0.186. The number of carbonyl (C=O) groups excluding carboxylic acids is 1. The number of oxazole rings is 1. The maximum absolute atomic E-state index is 12.3. The highest BCUT2D eigenvalue weighted by Crippen LogP contribution is 2.28. The first-order chi connectivity index (χ1) is 14.0. The second-order valence-electron chi connectivity index (χ2n) is 7.09. The summed E-state index contributed by atoms with van der Waals surface area (Å²) in [6, 6.07) is 20.4. The molecular weight excluding hydrogens is 384 g/mol. The van der Waals surface area contributed by atoms with E-state index in [1.807, 2.05) is 30.3 Å². The van der Waals surface area contributed by atoms with E-state index in [2.05, 4.69) is 36.3 Å². The van der Waals surface area contributed by atoms with Gasteiger partial charge in [0.1, 0.15) is 5.52 Å². The number of nitrogens with zero attached hydrogens (tertiary/aromatic N) is 1. The van der Waals surface area contributed by atoms with E-state index < -0.39 is 0 Å². The molecule has 4 rings (SSSR count). The molecule has 1 amide bonds. The average Bonchev–Trinajstić information content (AvgIpc) is 3.17. The van der Waals surface area contributed by atoms with Crippen LogP contribution in [-0.4, -0.2) is 10.9 Å². The number of hydrogen-bond acceptors (Lipinski definition) is 3. The van der Waals surface area contributed by atoms with Gasteiger partial charge in [0, 0.05) is 21.8 Å². The molecular formula is C24H21ClN2O2. The first kappa shape index (κ1) is 19.2. The normalized spacial score (nSPS) is 12.1. The fourth-order valence-corrected chi connectivity index (χ4v) is 3.24. The lowest BCUT2D eigenvalue weighted by molar-refractivity contribution is 0.102. The van der Waals surface area contributed by atoms with Gasteiger partial charge in [0.05, 0.1) is 0 Å². The van der Waals surface area contributed by atoms with Crippen LogP contribution in [0.15, 0.2) is 71.1 Å². The molecule has 0 radical (unpaired) electrons. The molecule has 4 nitrogen and oxygen atoms in total. The van der Waals surface area contributed by atoms with E-state index in [1.165, 1.54) is 5.56 Å². The van der Waals surface area contributed by atoms with E-state index in [0.29, 0.717) is 28.1 Å². The lowest BCUT2D eigenvalue weighted by Crippen LogP contribution is -2.11. The van der Waals surface area contributed by atoms with Crippen molar-refractivity contribution in [2.45, 2.75) is 26.2 Å². The van der Waals surface area contributed by atoms with Gasteiger partial charge in [-0.05, 0) is 78.6 Å². The predicted octanol–water partition coefficient (Wildman–Crippen LogP) is 6.91. The molecule has 0 aliphatic heterocycles. The molecule has 146 valence electrons. The fourth-order valence-electron chi connectivity index (χ4n) is 3.11. The maximum atomic E-state index is 12.3. The minimum Gasteiger partial charge on any atom is -0.436 e. The Morgan fingerprint density at radius 1 is 1.07 bits per heavy atom. The number of fused-ring (bicyclic) bond motifs is 1. The van der Waals surface area contributed by atoms with Crippen molar-refractivity contribution in [3.8, 4) is 11.5 Å². The second-order valence-corrected chi connectivity index (χ2v) is 7.53. The lowest BCUT2D eigenvalue weighted by Gasteiger charge is -2.07. The molecule has 1 N–H and O–H groups in total. The summed E-state index contributed by atoms with van der Waals surface area (Å²) in [5.41, 5.74) is 5.00. The molecule has 5 heteroatoms. The van der Waals surface area contributed by atoms with Gasteiger partial charge in [-0.3, -0.25) is 4.79 Å². The van der Waals surface area contributed by atoms with Crippen LogP contribution >= 0.6 is 11.6 Å². The monoisotopic (exact) mass is 404 g/mol. The van der Waals surface area contributed by atoms with Gasteiger partial charge in [-0.2, -0.15) is 0 Å². The second kappa shape index (κ2) is 8.10. The third kappa shape index (κ3) is 4.17. The first-order valence-electron chi connectivity index (χ1n) is 9.61. The minimum atomic E-state index is -0.186. The van der Waals surface area contributed by atoms with Crippen molar-refractivity contribution >= 4 is 34.3 Å². The Kier molecular flexibility index (Phi) is 5.36. The maximum Gasteiger partial charge on any atom is 0.255 e. The standard InChI is InChI=1S/C24H21ClN2O2/c1-3-15(2)18-8-13-22-21(14-18)27-24(29-22)17-6-11-20(12-7-17)26-23(28)16-4-9-19(25)10-5-16/h4-15H,3H2,1-2H3,(H,26,28)/t15-/m0/s1. The van der Waals surface area contributed by atoms with Crippen molar-refractivity contribution in [1.82, 2.24) is 4.98 Å². The molecule has 29 heavy (non-hydrogen) atoms. The first-order valence-corrected chi connectivity index (χ1v) is 9.99. The smallest absolute Gasteiger partial charge is 0.255 e. The number of nitrogens with one attached hydrogen (secondary N) is 1. The van der Waals surface area contributed by atoms with Crippen LogP contribution in [0.1, 0.15) is 42.1 Å². The number of hydrogen-bond donors (Lipinski definition) is 1. The highest BCUT2D eigenvalue weighted by Gasteiger charge is 2.12. The predicted molar refractivity (Wildman–Crippen MR) is 118 cm³/mol. The van der Waals surface area contributed by atoms with Gasteiger partial charge in [0.2, 0.25) is 5.89 Å². The van der Waals surface area contributed by atoms with Crippen molar-refractivity contribution in [3.63, 3.8) is 0 Å². The molecule has 0 spiro atoms. The number of benzene rings is 3. The zero-order chi connectivity index (χ0) is 20.4. The van der Waals surface area contributed by atoms with Crippen LogP contribution < -0.4 is 5.32 Å². The van der Waals surface area contributed by atoms with E-state index in [4.69, 9.17) is 16.0 Å². The summed E-state index contributed by atoms with van der Waals surface area (Å²) in [7, 11) is 0. The summed E-state index contributed by atoms with van der Waals surface area (Å²) in [6.45, 7) is 4.38. The summed E-state index contributed by atoms with van der Waals surface area (Å²) in [6.07, 6.45) is 1.08. The number of amides is 1. The highest BCUT2D eigenvalue weighted by atomic mass is 35.5. The quantitative estimate of drug-likeness (QED) is 0.393. The van der Waals surface area contributed by atoms with Gasteiger partial charge in [-0.15, -0.1) is 0 Å². The number of anilines is 1. The lowest BCUT2D eigenvalue weighted by atomic mass is 9.98. The zero-order valence-corrected chi connectivity index (χ0v) is 17.0. The fraction of sp³-hybridized carbons (Fsp3) is 0.167. The van der Waals surface area contributed by atoms with Crippen molar-refractivity contribution in [2.75, 3.05) is 5.32 Å². The van der Waals surface area contributed by atoms with Gasteiger partial charge >= 0.3 is 0 Å². The Balaban J connectivity index is 1.52. The average molecular weight is 405 g/mol. The Labute approximate surface area is 174 Å². The molecule has 1 aromatic heterocycles. The largest absolute Gasteiger partial charge is 0.436 e. The third-order valence-corrected chi connectivity index (χ3v) is 5.34. The van der Waals surface area contributed by atoms with Crippen LogP contribution in [0.25, 0.3) is 22.6 Å². The van der Waals surface area contributed by atoms with Gasteiger partial charge in [-0.1, -0.05) is 31.5 Å². The van der Waals surface area contributed by atoms with Crippen LogP contribution in [0.3, 0.4) is 0 Å². The Hall–Kier alpha value is -3.11. The highest BCUT2D eigenvalue weighted by molar-refractivity contribution is 6.30. The van der Waals surface area contributed by atoms with Crippen molar-refractivity contribution < 1.29 is 9.21 Å². The summed E-state index contributed by atoms with van der Waals surface area (Å²) in [5.74, 6) is 0.869. The molecule has 4 aromatic rings. The Bertz CT molecular complexity index is 1150. The van der Waals surface area contributed by atoms with Crippen molar-refractivity contribution in [3.05, 3.63) is 82.9 Å². The molecule has 3 aromatic carbocycles. The molecule has 0 saturated heterocycles. The third-order valence-electron chi connectivity index (χ3n) is 5.09. The number of carbonyl (C=O) groups is 1. The Morgan fingerprint density at radius 2 is 1.79 bits per heavy atom. The summed E-state index contributed by atoms with van der Waals surface area (Å²) in [5, 5.41) is 3.47. The molecule has 0 bridgehead atoms. The van der Waals surface area contributed by atoms with E-state index in [0.717, 1.165) is 23.1 Å². The molecule has 0 aliphatic rings. The topological polar surface area (TPSA) is 55.1 Å². The van der Waals surface area contributed by atoms with E-state index in [9.17, 15) is 4.79 Å². The molecule has 0 aliphatic carbocycles. The number of rotatable bonds is 5. The molecule has 1 atom stereocenters. The summed E-state index contributed by atoms with van der Waals surface area (Å²) < 4.78 is 5.91. The molecule has 0 saturated carbocycles. The van der Waals surface area contributed by atoms with E-state index in [1.54, 1.807) is 24.3 Å². The van der Waals surface area contributed by atoms with Crippen LogP contribution in [0, 0.1) is 0 Å². The van der Waals surface area contributed by atoms with Gasteiger partial charge in [-0.25, -0.2) is 4.98 Å². The number of halogens is 1. The van der Waals surface area contributed by atoms with Crippen molar-refractivity contribution in [2.24, 2.45) is 0 Å². The van der Waals surface area contributed by atoms with Crippen molar-refractivity contribution in [1.29, 1.82) is 0 Å². The molecule has 0 fully saturated rings. The van der Waals surface area contributed by atoms with Gasteiger partial charge < -0.3 is 9.73 Å². The SMILES string of the molecule is CC[C@H](C)c1ccc2oc(-c3ccc(NC(=O)c4ccc(Cl)cc4)cc3)nc2c1. The number of aromatic nitrogens is 1. The zero-order valence-electron chi connectivity index (χ0n) is 16.3.